The van der Waals surface area contributed by atoms with Crippen LogP contribution in [0.15, 0.2) is 22.7 Å². The van der Waals surface area contributed by atoms with Crippen molar-refractivity contribution in [3.8, 4) is 11.8 Å². The molecule has 0 amide bonds. The van der Waals surface area contributed by atoms with Gasteiger partial charge in [-0.1, -0.05) is 15.9 Å². The normalized spacial score (nSPS) is 16.0. The monoisotopic (exact) mass is 293 g/mol. The summed E-state index contributed by atoms with van der Waals surface area (Å²) in [7, 11) is 0. The summed E-state index contributed by atoms with van der Waals surface area (Å²) in [6, 6.07) is 7.53. The largest absolute Gasteiger partial charge is 0.492 e. The number of carbonyl (C=O) groups is 1. The first-order valence-corrected chi connectivity index (χ1v) is 6.23. The van der Waals surface area contributed by atoms with Crippen molar-refractivity contribution in [2.75, 3.05) is 6.61 Å². The molecule has 0 heterocycles. The summed E-state index contributed by atoms with van der Waals surface area (Å²) in [6.07, 6.45) is 3.38. The van der Waals surface area contributed by atoms with E-state index in [1.165, 1.54) is 0 Å². The lowest BCUT2D eigenvalue weighted by Crippen LogP contribution is -2.13. The van der Waals surface area contributed by atoms with E-state index in [9.17, 15) is 4.79 Å². The van der Waals surface area contributed by atoms with Crippen LogP contribution < -0.4 is 4.74 Å². The number of carbonyl (C=O) groups excluding carboxylic acids is 1. The summed E-state index contributed by atoms with van der Waals surface area (Å²) in [6.45, 7) is 0.517. The zero-order chi connectivity index (χ0) is 12.3. The molecule has 0 aromatic heterocycles. The Morgan fingerprint density at radius 1 is 1.53 bits per heavy atom. The van der Waals surface area contributed by atoms with Crippen LogP contribution in [-0.2, 0) is 0 Å². The third-order valence-electron chi connectivity index (χ3n) is 3.04. The van der Waals surface area contributed by atoms with Gasteiger partial charge < -0.3 is 4.74 Å². The Morgan fingerprint density at radius 3 is 2.88 bits per heavy atom. The minimum Gasteiger partial charge on any atom is -0.492 e. The second-order valence-corrected chi connectivity index (χ2v) is 5.34. The number of hydrogen-bond acceptors (Lipinski definition) is 3. The van der Waals surface area contributed by atoms with Crippen LogP contribution in [0.3, 0.4) is 0 Å². The molecule has 0 radical (unpaired) electrons. The first kappa shape index (κ1) is 12.1. The molecule has 1 saturated carbocycles. The summed E-state index contributed by atoms with van der Waals surface area (Å²) in [5, 5.41) is 8.71. The predicted octanol–water partition coefficient (Wildman–Crippen LogP) is 3.33. The minimum atomic E-state index is 0.0297. The van der Waals surface area contributed by atoms with Gasteiger partial charge in [0, 0.05) is 16.3 Å². The molecule has 0 spiro atoms. The molecule has 0 unspecified atom stereocenters. The van der Waals surface area contributed by atoms with Crippen LogP contribution in [0, 0.1) is 16.7 Å². The van der Waals surface area contributed by atoms with E-state index < -0.39 is 0 Å². The third-order valence-corrected chi connectivity index (χ3v) is 3.54. The minimum absolute atomic E-state index is 0.0297. The smallest absolute Gasteiger partial charge is 0.153 e. The maximum absolute atomic E-state index is 10.9. The van der Waals surface area contributed by atoms with Gasteiger partial charge in [-0.15, -0.1) is 0 Å². The van der Waals surface area contributed by atoms with Crippen molar-refractivity contribution in [3.05, 3.63) is 28.2 Å². The number of nitrogens with zero attached hydrogens (tertiary/aromatic N) is 1. The van der Waals surface area contributed by atoms with Gasteiger partial charge in [0.05, 0.1) is 18.2 Å². The number of nitriles is 1. The molecular weight excluding hydrogens is 282 g/mol. The average molecular weight is 294 g/mol. The molecule has 1 fully saturated rings. The van der Waals surface area contributed by atoms with E-state index in [2.05, 4.69) is 22.0 Å². The lowest BCUT2D eigenvalue weighted by Gasteiger charge is -2.14. The summed E-state index contributed by atoms with van der Waals surface area (Å²) in [5.41, 5.74) is 0.564. The number of aldehydes is 1. The van der Waals surface area contributed by atoms with Crippen molar-refractivity contribution in [3.63, 3.8) is 0 Å². The molecule has 0 atom stereocenters. The Morgan fingerprint density at radius 2 is 2.29 bits per heavy atom. The van der Waals surface area contributed by atoms with Crippen LogP contribution in [0.4, 0.5) is 0 Å². The molecule has 4 heteroatoms. The molecular formula is C13H12BrNO2. The van der Waals surface area contributed by atoms with Crippen LogP contribution in [0.25, 0.3) is 0 Å². The van der Waals surface area contributed by atoms with E-state index in [1.807, 2.05) is 6.07 Å². The molecule has 0 N–H and O–H groups in total. The summed E-state index contributed by atoms with van der Waals surface area (Å²) >= 11 is 3.31. The second-order valence-electron chi connectivity index (χ2n) is 4.42. The highest BCUT2D eigenvalue weighted by Crippen LogP contribution is 2.48. The predicted molar refractivity (Wildman–Crippen MR) is 66.9 cm³/mol. The molecule has 0 saturated heterocycles. The number of halogens is 1. The zero-order valence-corrected chi connectivity index (χ0v) is 10.9. The van der Waals surface area contributed by atoms with E-state index in [-0.39, 0.29) is 5.41 Å². The molecule has 17 heavy (non-hydrogen) atoms. The summed E-state index contributed by atoms with van der Waals surface area (Å²) < 4.78 is 6.51. The molecule has 0 bridgehead atoms. The van der Waals surface area contributed by atoms with Crippen LogP contribution in [-0.4, -0.2) is 12.9 Å². The highest BCUT2D eigenvalue weighted by atomic mass is 79.9. The quantitative estimate of drug-likeness (QED) is 0.783. The molecule has 3 nitrogen and oxygen atoms in total. The standard InChI is InChI=1S/C13H12BrNO2/c14-11-1-2-12(10(7-11)8-16)17-9-13(3-4-13)5-6-15/h1-2,7-8H,3-5,9H2. The maximum Gasteiger partial charge on any atom is 0.153 e. The fraction of sp³-hybridized carbons (Fsp3) is 0.385. The molecule has 2 rings (SSSR count). The van der Waals surface area contributed by atoms with Gasteiger partial charge >= 0.3 is 0 Å². The Hall–Kier alpha value is -1.34. The van der Waals surface area contributed by atoms with Gasteiger partial charge in [-0.3, -0.25) is 4.79 Å². The molecule has 1 aliphatic rings. The first-order chi connectivity index (χ1) is 8.19. The van der Waals surface area contributed by atoms with Crippen molar-refractivity contribution in [2.24, 2.45) is 5.41 Å². The number of benzene rings is 1. The van der Waals surface area contributed by atoms with Gasteiger partial charge in [0.25, 0.3) is 0 Å². The van der Waals surface area contributed by atoms with Gasteiger partial charge in [0.2, 0.25) is 0 Å². The highest BCUT2D eigenvalue weighted by molar-refractivity contribution is 9.10. The highest BCUT2D eigenvalue weighted by Gasteiger charge is 2.43. The number of ether oxygens (including phenoxy) is 1. The fourth-order valence-electron chi connectivity index (χ4n) is 1.69. The van der Waals surface area contributed by atoms with Crippen molar-refractivity contribution in [2.45, 2.75) is 19.3 Å². The van der Waals surface area contributed by atoms with Crippen molar-refractivity contribution in [1.82, 2.24) is 0 Å². The molecule has 1 aliphatic carbocycles. The van der Waals surface area contributed by atoms with Crippen LogP contribution in [0.2, 0.25) is 0 Å². The van der Waals surface area contributed by atoms with E-state index >= 15 is 0 Å². The maximum atomic E-state index is 10.9. The van der Waals surface area contributed by atoms with Crippen LogP contribution >= 0.6 is 15.9 Å². The van der Waals surface area contributed by atoms with Crippen molar-refractivity contribution >= 4 is 22.2 Å². The van der Waals surface area contributed by atoms with Gasteiger partial charge in [0.1, 0.15) is 5.75 Å². The topological polar surface area (TPSA) is 50.1 Å². The van der Waals surface area contributed by atoms with Crippen LogP contribution in [0.1, 0.15) is 29.6 Å². The van der Waals surface area contributed by atoms with E-state index in [4.69, 9.17) is 10.00 Å². The van der Waals surface area contributed by atoms with Crippen LogP contribution in [0.5, 0.6) is 5.75 Å². The van der Waals surface area contributed by atoms with E-state index in [0.717, 1.165) is 23.6 Å². The Balaban J connectivity index is 2.04. The van der Waals surface area contributed by atoms with Crippen molar-refractivity contribution in [1.29, 1.82) is 5.26 Å². The van der Waals surface area contributed by atoms with E-state index in [1.54, 1.807) is 12.1 Å². The van der Waals surface area contributed by atoms with Gasteiger partial charge in [-0.05, 0) is 31.0 Å². The summed E-state index contributed by atoms with van der Waals surface area (Å²) in [4.78, 5) is 10.9. The summed E-state index contributed by atoms with van der Waals surface area (Å²) in [5.74, 6) is 0.590. The van der Waals surface area contributed by atoms with E-state index in [0.29, 0.717) is 24.3 Å². The number of hydrogen-bond donors (Lipinski definition) is 0. The molecule has 88 valence electrons. The third kappa shape index (κ3) is 2.86. The number of rotatable bonds is 5. The molecule has 1 aromatic rings. The Labute approximate surface area is 109 Å². The fourth-order valence-corrected chi connectivity index (χ4v) is 2.07. The lowest BCUT2D eigenvalue weighted by atomic mass is 10.1. The Bertz CT molecular complexity index is 475. The Kier molecular flexibility index (Phi) is 3.49. The average Bonchev–Trinajstić information content (AvgIpc) is 3.08. The zero-order valence-electron chi connectivity index (χ0n) is 9.28. The van der Waals surface area contributed by atoms with Gasteiger partial charge in [-0.2, -0.15) is 5.26 Å². The molecule has 1 aromatic carbocycles. The first-order valence-electron chi connectivity index (χ1n) is 5.44. The van der Waals surface area contributed by atoms with Gasteiger partial charge in [0.15, 0.2) is 6.29 Å². The second kappa shape index (κ2) is 4.89. The lowest BCUT2D eigenvalue weighted by molar-refractivity contribution is 0.111. The SMILES string of the molecule is N#CCC1(COc2ccc(Br)cc2C=O)CC1. The van der Waals surface area contributed by atoms with Gasteiger partial charge in [-0.25, -0.2) is 0 Å². The molecule has 0 aliphatic heterocycles. The van der Waals surface area contributed by atoms with Crippen molar-refractivity contribution < 1.29 is 9.53 Å².